The lowest BCUT2D eigenvalue weighted by Crippen LogP contribution is -2.48. The summed E-state index contributed by atoms with van der Waals surface area (Å²) < 4.78 is 0. The second-order valence-electron chi connectivity index (χ2n) is 5.16. The maximum Gasteiger partial charge on any atom is 0.239 e. The number of rotatable bonds is 7. The molecule has 0 aromatic carbocycles. The van der Waals surface area contributed by atoms with Crippen LogP contribution < -0.4 is 10.6 Å². The monoisotopic (exact) mass is 269 g/mol. The molecule has 0 aromatic rings. The van der Waals surface area contributed by atoms with Crippen molar-refractivity contribution >= 4 is 11.8 Å². The minimum atomic E-state index is -0.311. The number of amides is 2. The zero-order chi connectivity index (χ0) is 14.3. The number of hydrogen-bond donors (Lipinski definition) is 2. The lowest BCUT2D eigenvalue weighted by molar-refractivity contribution is -0.132. The maximum absolute atomic E-state index is 12.0. The predicted molar refractivity (Wildman–Crippen MR) is 75.8 cm³/mol. The van der Waals surface area contributed by atoms with Crippen LogP contribution >= 0.6 is 0 Å². The van der Waals surface area contributed by atoms with Crippen LogP contribution in [0.4, 0.5) is 0 Å². The number of nitrogens with zero attached hydrogens (tertiary/aromatic N) is 1. The van der Waals surface area contributed by atoms with Crippen molar-refractivity contribution in [1.29, 1.82) is 0 Å². The van der Waals surface area contributed by atoms with Crippen molar-refractivity contribution < 1.29 is 9.59 Å². The van der Waals surface area contributed by atoms with Crippen molar-refractivity contribution in [2.24, 2.45) is 0 Å². The molecule has 0 heterocycles. The number of nitrogens with one attached hydrogen (secondary N) is 2. The smallest absolute Gasteiger partial charge is 0.239 e. The van der Waals surface area contributed by atoms with E-state index in [1.54, 1.807) is 4.90 Å². The van der Waals surface area contributed by atoms with E-state index in [4.69, 9.17) is 0 Å². The van der Waals surface area contributed by atoms with Crippen molar-refractivity contribution in [1.82, 2.24) is 15.5 Å². The van der Waals surface area contributed by atoms with E-state index in [9.17, 15) is 9.59 Å². The van der Waals surface area contributed by atoms with E-state index >= 15 is 0 Å². The van der Waals surface area contributed by atoms with E-state index in [-0.39, 0.29) is 24.4 Å². The quantitative estimate of drug-likeness (QED) is 0.721. The molecule has 0 spiro atoms. The van der Waals surface area contributed by atoms with Gasteiger partial charge in [-0.05, 0) is 33.6 Å². The Morgan fingerprint density at radius 2 is 1.79 bits per heavy atom. The van der Waals surface area contributed by atoms with Gasteiger partial charge in [-0.3, -0.25) is 14.9 Å². The molecule has 5 nitrogen and oxygen atoms in total. The lowest BCUT2D eigenvalue weighted by atomic mass is 10.2. The molecule has 1 unspecified atom stereocenters. The van der Waals surface area contributed by atoms with Crippen molar-refractivity contribution in [2.45, 2.75) is 58.5 Å². The molecule has 0 aromatic heterocycles. The van der Waals surface area contributed by atoms with E-state index in [0.717, 1.165) is 12.8 Å². The molecule has 0 saturated heterocycles. The average Bonchev–Trinajstić information content (AvgIpc) is 2.90. The first-order chi connectivity index (χ1) is 9.08. The Balaban J connectivity index is 2.26. The van der Waals surface area contributed by atoms with Crippen LogP contribution in [0.25, 0.3) is 0 Å². The number of carbonyl (C=O) groups is 2. The van der Waals surface area contributed by atoms with Gasteiger partial charge in [0, 0.05) is 19.1 Å². The molecular weight excluding hydrogens is 242 g/mol. The van der Waals surface area contributed by atoms with Gasteiger partial charge in [0.1, 0.15) is 0 Å². The van der Waals surface area contributed by atoms with E-state index in [2.05, 4.69) is 10.6 Å². The number of likely N-dealkylation sites (N-methyl/N-ethyl adjacent to an activating group) is 1. The summed E-state index contributed by atoms with van der Waals surface area (Å²) in [5, 5.41) is 6.01. The van der Waals surface area contributed by atoms with Gasteiger partial charge >= 0.3 is 0 Å². The Morgan fingerprint density at radius 3 is 2.32 bits per heavy atom. The first-order valence-electron chi connectivity index (χ1n) is 7.40. The van der Waals surface area contributed by atoms with Crippen molar-refractivity contribution in [2.75, 3.05) is 19.6 Å². The topological polar surface area (TPSA) is 61.4 Å². The first-order valence-corrected chi connectivity index (χ1v) is 7.40. The summed E-state index contributed by atoms with van der Waals surface area (Å²) in [6, 6.07) is 0.0253. The molecule has 2 N–H and O–H groups in total. The van der Waals surface area contributed by atoms with E-state index in [1.807, 2.05) is 20.8 Å². The third kappa shape index (κ3) is 5.19. The molecule has 1 aliphatic carbocycles. The van der Waals surface area contributed by atoms with Crippen LogP contribution in [0.5, 0.6) is 0 Å². The zero-order valence-corrected chi connectivity index (χ0v) is 12.4. The molecule has 1 aliphatic rings. The highest BCUT2D eigenvalue weighted by Crippen LogP contribution is 2.17. The Morgan fingerprint density at radius 1 is 1.21 bits per heavy atom. The average molecular weight is 269 g/mol. The van der Waals surface area contributed by atoms with Crippen LogP contribution in [0.2, 0.25) is 0 Å². The standard InChI is InChI=1S/C14H27N3O2/c1-4-17(5-2)14(19)11(3)15-10-13(18)16-12-8-6-7-9-12/h11-12,15H,4-10H2,1-3H3,(H,16,18). The van der Waals surface area contributed by atoms with Crippen LogP contribution in [0.1, 0.15) is 46.5 Å². The van der Waals surface area contributed by atoms with Gasteiger partial charge in [-0.15, -0.1) is 0 Å². The number of hydrogen-bond acceptors (Lipinski definition) is 3. The summed E-state index contributed by atoms with van der Waals surface area (Å²) in [7, 11) is 0. The van der Waals surface area contributed by atoms with Crippen LogP contribution in [-0.4, -0.2) is 48.4 Å². The summed E-state index contributed by atoms with van der Waals surface area (Å²) >= 11 is 0. The summed E-state index contributed by atoms with van der Waals surface area (Å²) in [5.74, 6) is 0.0461. The lowest BCUT2D eigenvalue weighted by Gasteiger charge is -2.23. The van der Waals surface area contributed by atoms with Crippen molar-refractivity contribution in [3.05, 3.63) is 0 Å². The molecule has 1 atom stereocenters. The van der Waals surface area contributed by atoms with Gasteiger partial charge in [0.15, 0.2) is 0 Å². The van der Waals surface area contributed by atoms with Crippen LogP contribution in [0.3, 0.4) is 0 Å². The van der Waals surface area contributed by atoms with Crippen molar-refractivity contribution in [3.8, 4) is 0 Å². The summed E-state index contributed by atoms with van der Waals surface area (Å²) in [4.78, 5) is 25.5. The van der Waals surface area contributed by atoms with Gasteiger partial charge in [-0.2, -0.15) is 0 Å². The molecule has 0 radical (unpaired) electrons. The minimum absolute atomic E-state index is 0.00824. The normalized spacial score (nSPS) is 17.2. The molecule has 1 saturated carbocycles. The van der Waals surface area contributed by atoms with Crippen LogP contribution in [-0.2, 0) is 9.59 Å². The molecule has 19 heavy (non-hydrogen) atoms. The van der Waals surface area contributed by atoms with Gasteiger partial charge in [-0.25, -0.2) is 0 Å². The van der Waals surface area contributed by atoms with E-state index < -0.39 is 0 Å². The molecule has 1 rings (SSSR count). The summed E-state index contributed by atoms with van der Waals surface area (Å²) in [5.41, 5.74) is 0. The first kappa shape index (κ1) is 16.0. The molecule has 0 bridgehead atoms. The highest BCUT2D eigenvalue weighted by atomic mass is 16.2. The van der Waals surface area contributed by atoms with Crippen LogP contribution in [0, 0.1) is 0 Å². The molecule has 5 heteroatoms. The molecule has 2 amide bonds. The highest BCUT2D eigenvalue weighted by Gasteiger charge is 2.20. The van der Waals surface area contributed by atoms with Gasteiger partial charge < -0.3 is 10.2 Å². The fourth-order valence-corrected chi connectivity index (χ4v) is 2.49. The van der Waals surface area contributed by atoms with Gasteiger partial charge in [0.25, 0.3) is 0 Å². The predicted octanol–water partition coefficient (Wildman–Crippen LogP) is 0.892. The minimum Gasteiger partial charge on any atom is -0.352 e. The Bertz CT molecular complexity index is 297. The fraction of sp³-hybridized carbons (Fsp3) is 0.857. The summed E-state index contributed by atoms with van der Waals surface area (Å²) in [6.45, 7) is 7.35. The highest BCUT2D eigenvalue weighted by molar-refractivity contribution is 5.83. The Labute approximate surface area is 116 Å². The largest absolute Gasteiger partial charge is 0.352 e. The maximum atomic E-state index is 12.0. The summed E-state index contributed by atoms with van der Waals surface area (Å²) in [6.07, 6.45) is 4.57. The van der Waals surface area contributed by atoms with Gasteiger partial charge in [0.2, 0.25) is 11.8 Å². The third-order valence-electron chi connectivity index (χ3n) is 3.73. The van der Waals surface area contributed by atoms with Gasteiger partial charge in [-0.1, -0.05) is 12.8 Å². The van der Waals surface area contributed by atoms with Gasteiger partial charge in [0.05, 0.1) is 12.6 Å². The fourth-order valence-electron chi connectivity index (χ4n) is 2.49. The SMILES string of the molecule is CCN(CC)C(=O)C(C)NCC(=O)NC1CCCC1. The number of carbonyl (C=O) groups excluding carboxylic acids is 2. The second-order valence-corrected chi connectivity index (χ2v) is 5.16. The molecule has 110 valence electrons. The van der Waals surface area contributed by atoms with E-state index in [0.29, 0.717) is 19.1 Å². The third-order valence-corrected chi connectivity index (χ3v) is 3.73. The Hall–Kier alpha value is -1.10. The van der Waals surface area contributed by atoms with E-state index in [1.165, 1.54) is 12.8 Å². The van der Waals surface area contributed by atoms with Crippen molar-refractivity contribution in [3.63, 3.8) is 0 Å². The zero-order valence-electron chi connectivity index (χ0n) is 12.4. The van der Waals surface area contributed by atoms with Crippen LogP contribution in [0.15, 0.2) is 0 Å². The Kier molecular flexibility index (Phi) is 6.84. The molecule has 0 aliphatic heterocycles. The second kappa shape index (κ2) is 8.15. The molecular formula is C14H27N3O2. The molecule has 1 fully saturated rings.